The number of carbonyl (C=O) groups is 1. The standard InChI is InChI=1S/C17H28N6O/c1-18-17(20-8-11-22-10-7-19-13-22)21-15-6-9-23(12-15)16(24)14-4-2-3-5-14/h7,10,13-15H,2-6,8-9,11-12H2,1H3,(H2,18,20,21). The van der Waals surface area contributed by atoms with Crippen LogP contribution in [0, 0.1) is 5.92 Å². The third-order valence-electron chi connectivity index (χ3n) is 4.99. The monoisotopic (exact) mass is 332 g/mol. The van der Waals surface area contributed by atoms with Gasteiger partial charge in [0, 0.05) is 57.6 Å². The Balaban J connectivity index is 1.40. The van der Waals surface area contributed by atoms with E-state index in [1.165, 1.54) is 12.8 Å². The normalized spacial score (nSPS) is 22.1. The van der Waals surface area contributed by atoms with E-state index in [4.69, 9.17) is 0 Å². The van der Waals surface area contributed by atoms with Crippen LogP contribution in [0.1, 0.15) is 32.1 Å². The molecule has 2 heterocycles. The van der Waals surface area contributed by atoms with Crippen LogP contribution >= 0.6 is 0 Å². The van der Waals surface area contributed by atoms with E-state index in [2.05, 4.69) is 20.6 Å². The quantitative estimate of drug-likeness (QED) is 0.619. The number of imidazole rings is 1. The molecule has 1 unspecified atom stereocenters. The Hall–Kier alpha value is -2.05. The topological polar surface area (TPSA) is 74.6 Å². The van der Waals surface area contributed by atoms with Gasteiger partial charge in [-0.3, -0.25) is 9.79 Å². The van der Waals surface area contributed by atoms with Crippen LogP contribution in [-0.2, 0) is 11.3 Å². The summed E-state index contributed by atoms with van der Waals surface area (Å²) >= 11 is 0. The lowest BCUT2D eigenvalue weighted by atomic mass is 10.1. The van der Waals surface area contributed by atoms with Crippen LogP contribution in [0.15, 0.2) is 23.7 Å². The molecule has 1 amide bonds. The van der Waals surface area contributed by atoms with Gasteiger partial charge < -0.3 is 20.1 Å². The van der Waals surface area contributed by atoms with Crippen LogP contribution in [0.5, 0.6) is 0 Å². The lowest BCUT2D eigenvalue weighted by Crippen LogP contribution is -2.46. The molecule has 1 saturated heterocycles. The Morgan fingerprint density at radius 1 is 1.33 bits per heavy atom. The minimum Gasteiger partial charge on any atom is -0.355 e. The van der Waals surface area contributed by atoms with Gasteiger partial charge in [0.25, 0.3) is 0 Å². The lowest BCUT2D eigenvalue weighted by Gasteiger charge is -2.21. The molecule has 1 saturated carbocycles. The van der Waals surface area contributed by atoms with Gasteiger partial charge in [0.1, 0.15) is 0 Å². The molecule has 7 heteroatoms. The van der Waals surface area contributed by atoms with Crippen molar-refractivity contribution >= 4 is 11.9 Å². The van der Waals surface area contributed by atoms with Crippen molar-refractivity contribution in [1.29, 1.82) is 0 Å². The molecule has 1 aliphatic carbocycles. The highest BCUT2D eigenvalue weighted by atomic mass is 16.2. The first-order valence-electron chi connectivity index (χ1n) is 8.98. The Morgan fingerprint density at radius 2 is 2.17 bits per heavy atom. The number of aromatic nitrogens is 2. The average Bonchev–Trinajstić information content (AvgIpc) is 3.34. The predicted molar refractivity (Wildman–Crippen MR) is 93.7 cm³/mol. The summed E-state index contributed by atoms with van der Waals surface area (Å²) in [6.07, 6.45) is 11.1. The van der Waals surface area contributed by atoms with Crippen molar-refractivity contribution in [1.82, 2.24) is 25.1 Å². The van der Waals surface area contributed by atoms with E-state index in [1.54, 1.807) is 19.6 Å². The van der Waals surface area contributed by atoms with E-state index < -0.39 is 0 Å². The maximum atomic E-state index is 12.5. The fourth-order valence-corrected chi connectivity index (χ4v) is 3.62. The van der Waals surface area contributed by atoms with E-state index >= 15 is 0 Å². The van der Waals surface area contributed by atoms with Gasteiger partial charge in [0.15, 0.2) is 5.96 Å². The maximum Gasteiger partial charge on any atom is 0.225 e. The zero-order chi connectivity index (χ0) is 16.8. The molecule has 0 bridgehead atoms. The maximum absolute atomic E-state index is 12.5. The predicted octanol–water partition coefficient (Wildman–Crippen LogP) is 0.839. The summed E-state index contributed by atoms with van der Waals surface area (Å²) < 4.78 is 2.03. The lowest BCUT2D eigenvalue weighted by molar-refractivity contribution is -0.134. The van der Waals surface area contributed by atoms with Crippen molar-refractivity contribution in [3.05, 3.63) is 18.7 Å². The molecule has 2 fully saturated rings. The van der Waals surface area contributed by atoms with Crippen molar-refractivity contribution in [2.45, 2.75) is 44.7 Å². The highest BCUT2D eigenvalue weighted by molar-refractivity contribution is 5.81. The number of carbonyl (C=O) groups excluding carboxylic acids is 1. The second kappa shape index (κ2) is 8.17. The molecule has 0 spiro atoms. The van der Waals surface area contributed by atoms with Gasteiger partial charge >= 0.3 is 0 Å². The first kappa shape index (κ1) is 16.8. The van der Waals surface area contributed by atoms with Crippen LogP contribution in [0.3, 0.4) is 0 Å². The Morgan fingerprint density at radius 3 is 2.88 bits per heavy atom. The van der Waals surface area contributed by atoms with Crippen LogP contribution < -0.4 is 10.6 Å². The smallest absolute Gasteiger partial charge is 0.225 e. The van der Waals surface area contributed by atoms with E-state index in [9.17, 15) is 4.79 Å². The molecule has 0 radical (unpaired) electrons. The summed E-state index contributed by atoms with van der Waals surface area (Å²) in [4.78, 5) is 22.8. The fourth-order valence-electron chi connectivity index (χ4n) is 3.62. The molecule has 3 rings (SSSR count). The molecule has 1 atom stereocenters. The number of aliphatic imine (C=N–C) groups is 1. The SMILES string of the molecule is CN=C(NCCn1ccnc1)NC1CCN(C(=O)C2CCCC2)C1. The number of nitrogens with zero attached hydrogens (tertiary/aromatic N) is 4. The van der Waals surface area contributed by atoms with E-state index in [0.717, 1.165) is 51.4 Å². The first-order valence-corrected chi connectivity index (χ1v) is 8.98. The molecule has 2 aliphatic rings. The van der Waals surface area contributed by atoms with Gasteiger partial charge in [-0.1, -0.05) is 12.8 Å². The molecular weight excluding hydrogens is 304 g/mol. The van der Waals surface area contributed by atoms with E-state index in [0.29, 0.717) is 5.91 Å². The number of rotatable bonds is 5. The van der Waals surface area contributed by atoms with Crippen molar-refractivity contribution in [2.75, 3.05) is 26.7 Å². The van der Waals surface area contributed by atoms with Gasteiger partial charge in [-0.15, -0.1) is 0 Å². The number of nitrogens with one attached hydrogen (secondary N) is 2. The number of hydrogen-bond acceptors (Lipinski definition) is 3. The van der Waals surface area contributed by atoms with Crippen LogP contribution in [0.25, 0.3) is 0 Å². The summed E-state index contributed by atoms with van der Waals surface area (Å²) in [5, 5.41) is 6.76. The van der Waals surface area contributed by atoms with Crippen molar-refractivity contribution in [3.63, 3.8) is 0 Å². The third kappa shape index (κ3) is 4.27. The molecule has 1 aliphatic heterocycles. The van der Waals surface area contributed by atoms with E-state index in [-0.39, 0.29) is 12.0 Å². The minimum absolute atomic E-state index is 0.274. The zero-order valence-electron chi connectivity index (χ0n) is 14.4. The first-order chi connectivity index (χ1) is 11.8. The second-order valence-corrected chi connectivity index (χ2v) is 6.70. The van der Waals surface area contributed by atoms with Crippen molar-refractivity contribution in [2.24, 2.45) is 10.9 Å². The molecule has 132 valence electrons. The highest BCUT2D eigenvalue weighted by Gasteiger charge is 2.32. The molecular formula is C17H28N6O. The van der Waals surface area contributed by atoms with Gasteiger partial charge in [0.05, 0.1) is 6.33 Å². The molecule has 7 nitrogen and oxygen atoms in total. The summed E-state index contributed by atoms with van der Waals surface area (Å²) in [7, 11) is 1.78. The minimum atomic E-state index is 0.274. The zero-order valence-corrected chi connectivity index (χ0v) is 14.4. The van der Waals surface area contributed by atoms with Crippen LogP contribution in [0.4, 0.5) is 0 Å². The van der Waals surface area contributed by atoms with Gasteiger partial charge in [-0.25, -0.2) is 4.98 Å². The Kier molecular flexibility index (Phi) is 5.72. The fraction of sp³-hybridized carbons (Fsp3) is 0.706. The molecule has 1 aromatic rings. The molecule has 2 N–H and O–H groups in total. The van der Waals surface area contributed by atoms with Crippen molar-refractivity contribution < 1.29 is 4.79 Å². The Labute approximate surface area is 143 Å². The summed E-state index contributed by atoms with van der Waals surface area (Å²) in [5.74, 6) is 1.44. The van der Waals surface area contributed by atoms with Gasteiger partial charge in [-0.2, -0.15) is 0 Å². The molecule has 1 aromatic heterocycles. The highest BCUT2D eigenvalue weighted by Crippen LogP contribution is 2.27. The Bertz CT molecular complexity index is 549. The number of amides is 1. The average molecular weight is 332 g/mol. The third-order valence-corrected chi connectivity index (χ3v) is 4.99. The molecule has 24 heavy (non-hydrogen) atoms. The second-order valence-electron chi connectivity index (χ2n) is 6.70. The largest absolute Gasteiger partial charge is 0.355 e. The summed E-state index contributed by atoms with van der Waals surface area (Å²) in [6, 6.07) is 0.287. The van der Waals surface area contributed by atoms with E-state index in [1.807, 2.05) is 15.7 Å². The summed E-state index contributed by atoms with van der Waals surface area (Å²) in [6.45, 7) is 3.28. The van der Waals surface area contributed by atoms with Crippen LogP contribution in [0.2, 0.25) is 0 Å². The number of guanidine groups is 1. The van der Waals surface area contributed by atoms with Gasteiger partial charge in [0.2, 0.25) is 5.91 Å². The van der Waals surface area contributed by atoms with Gasteiger partial charge in [-0.05, 0) is 19.3 Å². The van der Waals surface area contributed by atoms with Crippen molar-refractivity contribution in [3.8, 4) is 0 Å². The summed E-state index contributed by atoms with van der Waals surface area (Å²) in [5.41, 5.74) is 0. The van der Waals surface area contributed by atoms with Crippen LogP contribution in [-0.4, -0.2) is 59.0 Å². The number of likely N-dealkylation sites (tertiary alicyclic amines) is 1. The number of hydrogen-bond donors (Lipinski definition) is 2. The molecule has 0 aromatic carbocycles.